The van der Waals surface area contributed by atoms with Gasteiger partial charge in [-0.1, -0.05) is 46.3 Å². The molecule has 0 aliphatic heterocycles. The molecule has 3 heteroatoms. The van der Waals surface area contributed by atoms with E-state index in [-0.39, 0.29) is 5.82 Å². The SMILES string of the molecule is Fc1cc(CBr)cc(OCCc2ccccc2)c1. The van der Waals surface area contributed by atoms with Crippen LogP contribution in [0.4, 0.5) is 4.39 Å². The molecule has 0 aliphatic carbocycles. The topological polar surface area (TPSA) is 9.23 Å². The molecule has 94 valence electrons. The first-order valence-electron chi connectivity index (χ1n) is 5.80. The van der Waals surface area contributed by atoms with Crippen molar-refractivity contribution in [3.05, 3.63) is 65.5 Å². The first-order valence-corrected chi connectivity index (χ1v) is 6.92. The van der Waals surface area contributed by atoms with Crippen molar-refractivity contribution in [1.29, 1.82) is 0 Å². The van der Waals surface area contributed by atoms with Crippen molar-refractivity contribution >= 4 is 15.9 Å². The van der Waals surface area contributed by atoms with Gasteiger partial charge in [0.15, 0.2) is 0 Å². The Balaban J connectivity index is 1.92. The molecule has 2 aromatic carbocycles. The molecular formula is C15H14BrFO. The second-order valence-corrected chi connectivity index (χ2v) is 4.57. The van der Waals surface area contributed by atoms with Crippen LogP contribution in [0.1, 0.15) is 11.1 Å². The highest BCUT2D eigenvalue weighted by Gasteiger charge is 2.01. The number of rotatable bonds is 5. The summed E-state index contributed by atoms with van der Waals surface area (Å²) in [4.78, 5) is 0. The average molecular weight is 309 g/mol. The van der Waals surface area contributed by atoms with Crippen molar-refractivity contribution in [2.24, 2.45) is 0 Å². The molecule has 0 amide bonds. The lowest BCUT2D eigenvalue weighted by Gasteiger charge is -2.08. The molecule has 0 aliphatic rings. The van der Waals surface area contributed by atoms with E-state index in [1.807, 2.05) is 24.3 Å². The van der Waals surface area contributed by atoms with Crippen LogP contribution < -0.4 is 4.74 Å². The van der Waals surface area contributed by atoms with Crippen molar-refractivity contribution in [3.8, 4) is 5.75 Å². The Bertz CT molecular complexity index is 499. The third kappa shape index (κ3) is 3.84. The second kappa shape index (κ2) is 6.55. The van der Waals surface area contributed by atoms with E-state index in [4.69, 9.17) is 4.74 Å². The van der Waals surface area contributed by atoms with E-state index in [2.05, 4.69) is 28.1 Å². The van der Waals surface area contributed by atoms with Gasteiger partial charge >= 0.3 is 0 Å². The standard InChI is InChI=1S/C15H14BrFO/c16-11-13-8-14(17)10-15(9-13)18-7-6-12-4-2-1-3-5-12/h1-5,8-10H,6-7,11H2. The fourth-order valence-electron chi connectivity index (χ4n) is 1.71. The molecule has 0 aromatic heterocycles. The maximum absolute atomic E-state index is 13.3. The van der Waals surface area contributed by atoms with Crippen LogP contribution in [-0.4, -0.2) is 6.61 Å². The lowest BCUT2D eigenvalue weighted by atomic mass is 10.2. The van der Waals surface area contributed by atoms with E-state index in [0.717, 1.165) is 12.0 Å². The monoisotopic (exact) mass is 308 g/mol. The molecule has 0 spiro atoms. The van der Waals surface area contributed by atoms with Gasteiger partial charge in [0.1, 0.15) is 11.6 Å². The predicted molar refractivity (Wildman–Crippen MR) is 74.7 cm³/mol. The molecule has 18 heavy (non-hydrogen) atoms. The highest BCUT2D eigenvalue weighted by Crippen LogP contribution is 2.18. The van der Waals surface area contributed by atoms with E-state index in [0.29, 0.717) is 17.7 Å². The molecule has 0 atom stereocenters. The van der Waals surface area contributed by atoms with Crippen LogP contribution in [0.2, 0.25) is 0 Å². The molecule has 0 unspecified atom stereocenters. The van der Waals surface area contributed by atoms with Gasteiger partial charge in [-0.3, -0.25) is 0 Å². The summed E-state index contributed by atoms with van der Waals surface area (Å²) in [6.45, 7) is 0.551. The predicted octanol–water partition coefficient (Wildman–Crippen LogP) is 4.34. The Morgan fingerprint density at radius 2 is 1.78 bits per heavy atom. The van der Waals surface area contributed by atoms with Crippen molar-refractivity contribution in [1.82, 2.24) is 0 Å². The van der Waals surface area contributed by atoms with E-state index in [1.165, 1.54) is 17.7 Å². The molecule has 0 bridgehead atoms. The zero-order chi connectivity index (χ0) is 12.8. The van der Waals surface area contributed by atoms with Gasteiger partial charge in [0.05, 0.1) is 6.61 Å². The Morgan fingerprint density at radius 1 is 1.00 bits per heavy atom. The lowest BCUT2D eigenvalue weighted by molar-refractivity contribution is 0.320. The summed E-state index contributed by atoms with van der Waals surface area (Å²) >= 11 is 3.31. The number of hydrogen-bond donors (Lipinski definition) is 0. The van der Waals surface area contributed by atoms with Gasteiger partial charge in [0.2, 0.25) is 0 Å². The molecule has 0 fully saturated rings. The van der Waals surface area contributed by atoms with Crippen LogP contribution in [0, 0.1) is 5.82 Å². The minimum atomic E-state index is -0.262. The smallest absolute Gasteiger partial charge is 0.127 e. The zero-order valence-electron chi connectivity index (χ0n) is 9.90. The summed E-state index contributed by atoms with van der Waals surface area (Å²) < 4.78 is 18.8. The van der Waals surface area contributed by atoms with Crippen LogP contribution in [-0.2, 0) is 11.8 Å². The number of alkyl halides is 1. The van der Waals surface area contributed by atoms with Gasteiger partial charge in [-0.15, -0.1) is 0 Å². The Hall–Kier alpha value is -1.35. The summed E-state index contributed by atoms with van der Waals surface area (Å²) in [6, 6.07) is 14.9. The summed E-state index contributed by atoms with van der Waals surface area (Å²) in [7, 11) is 0. The van der Waals surface area contributed by atoms with Crippen molar-refractivity contribution in [2.75, 3.05) is 6.61 Å². The summed E-state index contributed by atoms with van der Waals surface area (Å²) in [5.41, 5.74) is 2.10. The average Bonchev–Trinajstić information content (AvgIpc) is 2.39. The van der Waals surface area contributed by atoms with Crippen LogP contribution in [0.25, 0.3) is 0 Å². The highest BCUT2D eigenvalue weighted by molar-refractivity contribution is 9.08. The molecule has 0 saturated heterocycles. The van der Waals surface area contributed by atoms with Crippen molar-refractivity contribution < 1.29 is 9.13 Å². The molecule has 2 aromatic rings. The number of ether oxygens (including phenoxy) is 1. The Kier molecular flexibility index (Phi) is 4.76. The maximum atomic E-state index is 13.3. The van der Waals surface area contributed by atoms with E-state index >= 15 is 0 Å². The molecule has 0 N–H and O–H groups in total. The van der Waals surface area contributed by atoms with Crippen LogP contribution in [0.5, 0.6) is 5.75 Å². The van der Waals surface area contributed by atoms with Gasteiger partial charge in [0.25, 0.3) is 0 Å². The van der Waals surface area contributed by atoms with Crippen molar-refractivity contribution in [3.63, 3.8) is 0 Å². The number of hydrogen-bond acceptors (Lipinski definition) is 1. The molecular weight excluding hydrogens is 295 g/mol. The number of halogens is 2. The minimum Gasteiger partial charge on any atom is -0.493 e. The first kappa shape index (κ1) is 13.1. The quantitative estimate of drug-likeness (QED) is 0.747. The van der Waals surface area contributed by atoms with Gasteiger partial charge in [-0.05, 0) is 23.3 Å². The Morgan fingerprint density at radius 3 is 2.50 bits per heavy atom. The minimum absolute atomic E-state index is 0.262. The molecule has 0 heterocycles. The fraction of sp³-hybridized carbons (Fsp3) is 0.200. The van der Waals surface area contributed by atoms with Gasteiger partial charge < -0.3 is 4.74 Å². The zero-order valence-corrected chi connectivity index (χ0v) is 11.5. The number of benzene rings is 2. The van der Waals surface area contributed by atoms with E-state index in [9.17, 15) is 4.39 Å². The summed E-state index contributed by atoms with van der Waals surface area (Å²) in [5, 5.41) is 0.625. The molecule has 2 rings (SSSR count). The summed E-state index contributed by atoms with van der Waals surface area (Å²) in [5.74, 6) is 0.321. The second-order valence-electron chi connectivity index (χ2n) is 4.01. The highest BCUT2D eigenvalue weighted by atomic mass is 79.9. The van der Waals surface area contributed by atoms with Crippen LogP contribution in [0.3, 0.4) is 0 Å². The normalized spacial score (nSPS) is 10.3. The largest absolute Gasteiger partial charge is 0.493 e. The maximum Gasteiger partial charge on any atom is 0.127 e. The van der Waals surface area contributed by atoms with E-state index in [1.54, 1.807) is 0 Å². The third-order valence-electron chi connectivity index (χ3n) is 2.59. The van der Waals surface area contributed by atoms with E-state index < -0.39 is 0 Å². The molecule has 0 saturated carbocycles. The van der Waals surface area contributed by atoms with Crippen molar-refractivity contribution in [2.45, 2.75) is 11.8 Å². The van der Waals surface area contributed by atoms with Gasteiger partial charge in [-0.25, -0.2) is 4.39 Å². The third-order valence-corrected chi connectivity index (χ3v) is 3.24. The molecule has 1 nitrogen and oxygen atoms in total. The van der Waals surface area contributed by atoms with Crippen LogP contribution in [0.15, 0.2) is 48.5 Å². The first-order chi connectivity index (χ1) is 8.78. The van der Waals surface area contributed by atoms with Crippen LogP contribution >= 0.6 is 15.9 Å². The van der Waals surface area contributed by atoms with Gasteiger partial charge in [0, 0.05) is 17.8 Å². The van der Waals surface area contributed by atoms with Gasteiger partial charge in [-0.2, -0.15) is 0 Å². The molecule has 0 radical (unpaired) electrons. The fourth-order valence-corrected chi connectivity index (χ4v) is 2.04. The Labute approximate surface area is 115 Å². The summed E-state index contributed by atoms with van der Waals surface area (Å²) in [6.07, 6.45) is 0.820. The lowest BCUT2D eigenvalue weighted by Crippen LogP contribution is -2.01.